The number of pyridine rings is 1. The van der Waals surface area contributed by atoms with Gasteiger partial charge in [0.25, 0.3) is 11.8 Å². The molecule has 1 saturated carbocycles. The lowest BCUT2D eigenvalue weighted by molar-refractivity contribution is -0.143. The summed E-state index contributed by atoms with van der Waals surface area (Å²) in [5.74, 6) is -0.216. The topological polar surface area (TPSA) is 73.7 Å². The number of amides is 2. The fourth-order valence-electron chi connectivity index (χ4n) is 4.15. The van der Waals surface area contributed by atoms with Crippen molar-refractivity contribution in [3.8, 4) is 11.1 Å². The number of rotatable bonds is 3. The monoisotopic (exact) mass is 415 g/mol. The Hall–Kier alpha value is -3.25. The molecule has 5 rings (SSSR count). The number of carbonyl (C=O) groups is 2. The van der Waals surface area contributed by atoms with Crippen LogP contribution in [0.15, 0.2) is 54.7 Å². The minimum atomic E-state index is -1.14. The number of aromatic nitrogens is 1. The summed E-state index contributed by atoms with van der Waals surface area (Å²) in [6.45, 7) is 3.94. The van der Waals surface area contributed by atoms with Crippen molar-refractivity contribution in [2.24, 2.45) is 0 Å². The summed E-state index contributed by atoms with van der Waals surface area (Å²) in [5.41, 5.74) is 3.73. The van der Waals surface area contributed by atoms with Gasteiger partial charge in [0.05, 0.1) is 5.52 Å². The molecule has 31 heavy (non-hydrogen) atoms. The van der Waals surface area contributed by atoms with E-state index in [0.29, 0.717) is 44.6 Å². The van der Waals surface area contributed by atoms with Gasteiger partial charge in [-0.05, 0) is 66.8 Å². The molecule has 6 heteroatoms. The molecule has 2 heterocycles. The van der Waals surface area contributed by atoms with Crippen LogP contribution in [0.2, 0.25) is 0 Å². The predicted molar refractivity (Wildman–Crippen MR) is 119 cm³/mol. The number of nitrogens with zero attached hydrogens (tertiary/aromatic N) is 3. The Bertz CT molecular complexity index is 1160. The summed E-state index contributed by atoms with van der Waals surface area (Å²) in [4.78, 5) is 33.1. The van der Waals surface area contributed by atoms with Crippen LogP contribution in [0.25, 0.3) is 22.0 Å². The molecule has 0 bridgehead atoms. The van der Waals surface area contributed by atoms with Gasteiger partial charge in [0.2, 0.25) is 0 Å². The Morgan fingerprint density at radius 1 is 0.903 bits per heavy atom. The molecule has 0 unspecified atom stereocenters. The molecular formula is C25H25N3O3. The maximum atomic E-state index is 12.9. The SMILES string of the molecule is Cc1cnc2ccc(-c3ccc(C(=O)N4CCN(C(=O)C5(O)CC5)CC4)cc3)cc2c1. The standard InChI is InChI=1S/C25H25N3O3/c1-17-14-21-15-20(6-7-22(21)26-16-17)18-2-4-19(5-3-18)23(29)27-10-12-28(13-11-27)24(30)25(31)8-9-25/h2-7,14-16,31H,8-13H2,1H3. The number of piperazine rings is 1. The van der Waals surface area contributed by atoms with Crippen molar-refractivity contribution < 1.29 is 14.7 Å². The van der Waals surface area contributed by atoms with Gasteiger partial charge < -0.3 is 14.9 Å². The highest BCUT2D eigenvalue weighted by Gasteiger charge is 2.50. The molecule has 6 nitrogen and oxygen atoms in total. The van der Waals surface area contributed by atoms with Crippen molar-refractivity contribution in [2.75, 3.05) is 26.2 Å². The fraction of sp³-hybridized carbons (Fsp3) is 0.320. The minimum absolute atomic E-state index is 0.0258. The Morgan fingerprint density at radius 3 is 2.23 bits per heavy atom. The molecule has 158 valence electrons. The Kier molecular flexibility index (Phi) is 4.74. The van der Waals surface area contributed by atoms with Gasteiger partial charge in [-0.3, -0.25) is 14.6 Å². The van der Waals surface area contributed by atoms with E-state index < -0.39 is 5.60 Å². The van der Waals surface area contributed by atoms with Gasteiger partial charge in [-0.25, -0.2) is 0 Å². The van der Waals surface area contributed by atoms with Gasteiger partial charge in [0.15, 0.2) is 0 Å². The minimum Gasteiger partial charge on any atom is -0.380 e. The molecule has 0 radical (unpaired) electrons. The Labute approximate surface area is 181 Å². The number of aryl methyl sites for hydroxylation is 1. The lowest BCUT2D eigenvalue weighted by Crippen LogP contribution is -2.53. The van der Waals surface area contributed by atoms with Crippen molar-refractivity contribution in [3.63, 3.8) is 0 Å². The second kappa shape index (κ2) is 7.46. The van der Waals surface area contributed by atoms with Crippen molar-refractivity contribution in [1.29, 1.82) is 0 Å². The van der Waals surface area contributed by atoms with Gasteiger partial charge in [-0.1, -0.05) is 18.2 Å². The summed E-state index contributed by atoms with van der Waals surface area (Å²) in [5, 5.41) is 11.1. The highest BCUT2D eigenvalue weighted by Crippen LogP contribution is 2.37. The smallest absolute Gasteiger partial charge is 0.254 e. The van der Waals surface area contributed by atoms with Crippen LogP contribution in [0.4, 0.5) is 0 Å². The van der Waals surface area contributed by atoms with E-state index in [1.54, 1.807) is 9.80 Å². The van der Waals surface area contributed by atoms with Crippen molar-refractivity contribution in [3.05, 3.63) is 65.9 Å². The van der Waals surface area contributed by atoms with E-state index in [0.717, 1.165) is 27.6 Å². The van der Waals surface area contributed by atoms with Crippen molar-refractivity contribution in [2.45, 2.75) is 25.4 Å². The molecule has 3 aromatic rings. The van der Waals surface area contributed by atoms with Crippen LogP contribution < -0.4 is 0 Å². The van der Waals surface area contributed by atoms with E-state index >= 15 is 0 Å². The van der Waals surface area contributed by atoms with Crippen LogP contribution in [0, 0.1) is 6.92 Å². The van der Waals surface area contributed by atoms with Crippen LogP contribution in [-0.4, -0.2) is 63.5 Å². The lowest BCUT2D eigenvalue weighted by Gasteiger charge is -2.35. The van der Waals surface area contributed by atoms with Crippen LogP contribution in [-0.2, 0) is 4.79 Å². The third kappa shape index (κ3) is 3.79. The first kappa shape index (κ1) is 19.7. The highest BCUT2D eigenvalue weighted by atomic mass is 16.3. The molecule has 1 N–H and O–H groups in total. The Balaban J connectivity index is 1.27. The molecule has 0 spiro atoms. The van der Waals surface area contributed by atoms with E-state index in [1.807, 2.05) is 49.5 Å². The molecule has 2 aromatic carbocycles. The van der Waals surface area contributed by atoms with Gasteiger partial charge in [0.1, 0.15) is 5.60 Å². The summed E-state index contributed by atoms with van der Waals surface area (Å²) in [6, 6.07) is 16.0. The Morgan fingerprint density at radius 2 is 1.55 bits per heavy atom. The van der Waals surface area contributed by atoms with E-state index in [-0.39, 0.29) is 11.8 Å². The molecule has 2 aliphatic rings. The van der Waals surface area contributed by atoms with Crippen molar-refractivity contribution >= 4 is 22.7 Å². The average Bonchev–Trinajstić information content (AvgIpc) is 3.56. The number of fused-ring (bicyclic) bond motifs is 1. The number of carbonyl (C=O) groups excluding carboxylic acids is 2. The molecule has 2 fully saturated rings. The number of aliphatic hydroxyl groups is 1. The molecule has 1 aliphatic heterocycles. The quantitative estimate of drug-likeness (QED) is 0.714. The maximum Gasteiger partial charge on any atom is 0.254 e. The first-order valence-electron chi connectivity index (χ1n) is 10.7. The van der Waals surface area contributed by atoms with Crippen molar-refractivity contribution in [1.82, 2.24) is 14.8 Å². The maximum absolute atomic E-state index is 12.9. The summed E-state index contributed by atoms with van der Waals surface area (Å²) in [6.07, 6.45) is 2.96. The second-order valence-corrected chi connectivity index (χ2v) is 8.61. The third-order valence-corrected chi connectivity index (χ3v) is 6.26. The molecule has 2 amide bonds. The van der Waals surface area contributed by atoms with Crippen LogP contribution >= 0.6 is 0 Å². The van der Waals surface area contributed by atoms with Gasteiger partial charge in [-0.15, -0.1) is 0 Å². The molecular weight excluding hydrogens is 390 g/mol. The van der Waals surface area contributed by atoms with Gasteiger partial charge >= 0.3 is 0 Å². The zero-order valence-corrected chi connectivity index (χ0v) is 17.5. The molecule has 0 atom stereocenters. The number of benzene rings is 2. The van der Waals surface area contributed by atoms with E-state index in [4.69, 9.17) is 0 Å². The van der Waals surface area contributed by atoms with Crippen LogP contribution in [0.5, 0.6) is 0 Å². The molecule has 1 aromatic heterocycles. The third-order valence-electron chi connectivity index (χ3n) is 6.26. The van der Waals surface area contributed by atoms with E-state index in [2.05, 4.69) is 17.1 Å². The number of hydrogen-bond acceptors (Lipinski definition) is 4. The first-order chi connectivity index (χ1) is 14.9. The largest absolute Gasteiger partial charge is 0.380 e. The normalized spacial score (nSPS) is 17.6. The lowest BCUT2D eigenvalue weighted by atomic mass is 10.0. The zero-order chi connectivity index (χ0) is 21.6. The average molecular weight is 415 g/mol. The summed E-state index contributed by atoms with van der Waals surface area (Å²) < 4.78 is 0. The first-order valence-corrected chi connectivity index (χ1v) is 10.7. The molecule has 1 aliphatic carbocycles. The molecule has 1 saturated heterocycles. The van der Waals surface area contributed by atoms with E-state index in [1.165, 1.54) is 0 Å². The summed E-state index contributed by atoms with van der Waals surface area (Å²) in [7, 11) is 0. The highest BCUT2D eigenvalue weighted by molar-refractivity contribution is 5.95. The number of hydrogen-bond donors (Lipinski definition) is 1. The zero-order valence-electron chi connectivity index (χ0n) is 17.5. The van der Waals surface area contributed by atoms with Gasteiger partial charge in [0, 0.05) is 43.3 Å². The summed E-state index contributed by atoms with van der Waals surface area (Å²) >= 11 is 0. The van der Waals surface area contributed by atoms with Gasteiger partial charge in [-0.2, -0.15) is 0 Å². The predicted octanol–water partition coefficient (Wildman–Crippen LogP) is 3.02. The van der Waals surface area contributed by atoms with E-state index in [9.17, 15) is 14.7 Å². The van der Waals surface area contributed by atoms with Crippen LogP contribution in [0.1, 0.15) is 28.8 Å². The van der Waals surface area contributed by atoms with Crippen LogP contribution in [0.3, 0.4) is 0 Å². The fourth-order valence-corrected chi connectivity index (χ4v) is 4.15. The second-order valence-electron chi connectivity index (χ2n) is 8.61.